The fourth-order valence-corrected chi connectivity index (χ4v) is 1.72. The topological polar surface area (TPSA) is 75.4 Å². The maximum atomic E-state index is 10.6. The number of carboxylic acid groups (broad SMARTS) is 1. The number of thioether (sulfide) groups is 1. The van der Waals surface area contributed by atoms with E-state index in [4.69, 9.17) is 9.52 Å². The molecule has 0 saturated carbocycles. The van der Waals surface area contributed by atoms with Crippen molar-refractivity contribution in [2.45, 2.75) is 17.7 Å². The lowest BCUT2D eigenvalue weighted by atomic mass is 10.2. The van der Waals surface area contributed by atoms with Crippen molar-refractivity contribution in [1.29, 1.82) is 0 Å². The highest BCUT2D eigenvalue weighted by atomic mass is 32.2. The van der Waals surface area contributed by atoms with Crippen LogP contribution in [0.2, 0.25) is 0 Å². The summed E-state index contributed by atoms with van der Waals surface area (Å²) in [6.45, 7) is 0. The molecule has 0 aliphatic rings. The van der Waals surface area contributed by atoms with Gasteiger partial charge in [0.1, 0.15) is 12.3 Å². The molecule has 1 heterocycles. The van der Waals surface area contributed by atoms with Gasteiger partial charge in [-0.1, -0.05) is 11.8 Å². The molecule has 1 atom stereocenters. The highest BCUT2D eigenvalue weighted by molar-refractivity contribution is 7.99. The quantitative estimate of drug-likeness (QED) is 0.686. The van der Waals surface area contributed by atoms with Gasteiger partial charge in [-0.15, -0.1) is 0 Å². The minimum atomic E-state index is -0.833. The number of hydrogen-bond acceptors (Lipinski definition) is 5. The second-order valence-electron chi connectivity index (χ2n) is 2.61. The van der Waals surface area contributed by atoms with Gasteiger partial charge in [-0.05, 0) is 13.5 Å². The Morgan fingerprint density at radius 1 is 1.86 bits per heavy atom. The number of oxazole rings is 1. The number of nitrogens with one attached hydrogen (secondary N) is 1. The number of carbonyl (C=O) groups is 1. The van der Waals surface area contributed by atoms with Gasteiger partial charge in [0.25, 0.3) is 5.22 Å². The first-order chi connectivity index (χ1) is 6.74. The number of carboxylic acids is 1. The van der Waals surface area contributed by atoms with Gasteiger partial charge in [-0.25, -0.2) is 4.98 Å². The van der Waals surface area contributed by atoms with E-state index in [1.807, 2.05) is 0 Å². The summed E-state index contributed by atoms with van der Waals surface area (Å²) >= 11 is 1.41. The lowest BCUT2D eigenvalue weighted by Crippen LogP contribution is -2.34. The van der Waals surface area contributed by atoms with Crippen LogP contribution in [0.25, 0.3) is 0 Å². The van der Waals surface area contributed by atoms with Crippen LogP contribution in [0.15, 0.2) is 22.1 Å². The van der Waals surface area contributed by atoms with Gasteiger partial charge in [0, 0.05) is 5.75 Å². The van der Waals surface area contributed by atoms with Crippen molar-refractivity contribution in [1.82, 2.24) is 10.3 Å². The number of rotatable bonds is 6. The van der Waals surface area contributed by atoms with Crippen LogP contribution < -0.4 is 5.32 Å². The first-order valence-corrected chi connectivity index (χ1v) is 5.15. The summed E-state index contributed by atoms with van der Waals surface area (Å²) in [4.78, 5) is 14.5. The van der Waals surface area contributed by atoms with Crippen LogP contribution in [0.3, 0.4) is 0 Å². The lowest BCUT2D eigenvalue weighted by Gasteiger charge is -2.08. The summed E-state index contributed by atoms with van der Waals surface area (Å²) in [5, 5.41) is 12.0. The molecule has 0 amide bonds. The predicted molar refractivity (Wildman–Crippen MR) is 52.3 cm³/mol. The molecular weight excluding hydrogens is 204 g/mol. The Morgan fingerprint density at radius 3 is 3.14 bits per heavy atom. The molecule has 1 aromatic heterocycles. The van der Waals surface area contributed by atoms with E-state index >= 15 is 0 Å². The molecule has 1 aromatic rings. The third-order valence-electron chi connectivity index (χ3n) is 1.69. The summed E-state index contributed by atoms with van der Waals surface area (Å²) < 4.78 is 4.99. The normalized spacial score (nSPS) is 12.6. The molecular formula is C8H12N2O3S. The fourth-order valence-electron chi connectivity index (χ4n) is 0.937. The molecule has 0 aromatic carbocycles. The summed E-state index contributed by atoms with van der Waals surface area (Å²) in [5.41, 5.74) is 0. The molecule has 0 fully saturated rings. The Labute approximate surface area is 85.9 Å². The fraction of sp³-hybridized carbons (Fsp3) is 0.500. The molecule has 14 heavy (non-hydrogen) atoms. The van der Waals surface area contributed by atoms with Crippen LogP contribution in [-0.4, -0.2) is 34.9 Å². The number of nitrogens with zero attached hydrogens (tertiary/aromatic N) is 1. The average molecular weight is 216 g/mol. The van der Waals surface area contributed by atoms with Gasteiger partial charge in [0.2, 0.25) is 0 Å². The molecule has 0 bridgehead atoms. The van der Waals surface area contributed by atoms with Crippen LogP contribution in [0, 0.1) is 0 Å². The zero-order chi connectivity index (χ0) is 10.4. The molecule has 78 valence electrons. The summed E-state index contributed by atoms with van der Waals surface area (Å²) in [7, 11) is 1.63. The van der Waals surface area contributed by atoms with E-state index in [-0.39, 0.29) is 0 Å². The largest absolute Gasteiger partial charge is 0.480 e. The number of hydrogen-bond donors (Lipinski definition) is 2. The van der Waals surface area contributed by atoms with Gasteiger partial charge in [0.15, 0.2) is 0 Å². The zero-order valence-corrected chi connectivity index (χ0v) is 8.58. The van der Waals surface area contributed by atoms with Crippen molar-refractivity contribution >= 4 is 17.7 Å². The van der Waals surface area contributed by atoms with Crippen molar-refractivity contribution in [2.75, 3.05) is 12.8 Å². The molecule has 5 nitrogen and oxygen atoms in total. The van der Waals surface area contributed by atoms with Crippen molar-refractivity contribution in [2.24, 2.45) is 0 Å². The van der Waals surface area contributed by atoms with E-state index in [1.165, 1.54) is 18.0 Å². The maximum absolute atomic E-state index is 10.6. The van der Waals surface area contributed by atoms with E-state index in [9.17, 15) is 4.79 Å². The highest BCUT2D eigenvalue weighted by Crippen LogP contribution is 2.16. The van der Waals surface area contributed by atoms with E-state index in [2.05, 4.69) is 10.3 Å². The van der Waals surface area contributed by atoms with E-state index in [0.717, 1.165) is 0 Å². The predicted octanol–water partition coefficient (Wildman–Crippen LogP) is 0.829. The first-order valence-electron chi connectivity index (χ1n) is 4.16. The molecule has 0 radical (unpaired) electrons. The molecule has 0 saturated heterocycles. The standard InChI is InChI=1S/C8H12N2O3S/c1-9-6(7(11)12)2-5-14-8-10-3-4-13-8/h3-4,6,9H,2,5H2,1H3,(H,11,12). The Bertz CT molecular complexity index is 276. The second-order valence-corrected chi connectivity index (χ2v) is 3.66. The Morgan fingerprint density at radius 2 is 2.64 bits per heavy atom. The van der Waals surface area contributed by atoms with Crippen LogP contribution in [0.4, 0.5) is 0 Å². The molecule has 1 rings (SSSR count). The smallest absolute Gasteiger partial charge is 0.320 e. The minimum Gasteiger partial charge on any atom is -0.480 e. The lowest BCUT2D eigenvalue weighted by molar-refractivity contribution is -0.139. The van der Waals surface area contributed by atoms with Gasteiger partial charge in [-0.3, -0.25) is 4.79 Å². The minimum absolute atomic E-state index is 0.502. The Balaban J connectivity index is 2.23. The van der Waals surface area contributed by atoms with Crippen LogP contribution >= 0.6 is 11.8 Å². The van der Waals surface area contributed by atoms with Gasteiger partial charge >= 0.3 is 5.97 Å². The third-order valence-corrected chi connectivity index (χ3v) is 2.58. The van der Waals surface area contributed by atoms with Crippen molar-refractivity contribution in [3.05, 3.63) is 12.5 Å². The van der Waals surface area contributed by atoms with E-state index < -0.39 is 12.0 Å². The highest BCUT2D eigenvalue weighted by Gasteiger charge is 2.14. The Hall–Kier alpha value is -1.01. The molecule has 2 N–H and O–H groups in total. The molecule has 0 aliphatic heterocycles. The molecule has 6 heteroatoms. The SMILES string of the molecule is CNC(CCSc1ncco1)C(=O)O. The van der Waals surface area contributed by atoms with Crippen molar-refractivity contribution in [3.63, 3.8) is 0 Å². The van der Waals surface area contributed by atoms with E-state index in [1.54, 1.807) is 13.2 Å². The molecule has 1 unspecified atom stereocenters. The maximum Gasteiger partial charge on any atom is 0.320 e. The van der Waals surface area contributed by atoms with Crippen molar-refractivity contribution in [3.8, 4) is 0 Å². The van der Waals surface area contributed by atoms with E-state index in [0.29, 0.717) is 17.4 Å². The summed E-state index contributed by atoms with van der Waals surface area (Å²) in [6.07, 6.45) is 3.60. The van der Waals surface area contributed by atoms with Crippen LogP contribution in [-0.2, 0) is 4.79 Å². The summed E-state index contributed by atoms with van der Waals surface area (Å²) in [5.74, 6) is -0.168. The van der Waals surface area contributed by atoms with Gasteiger partial charge < -0.3 is 14.8 Å². The third kappa shape index (κ3) is 3.39. The van der Waals surface area contributed by atoms with Crippen LogP contribution in [0.1, 0.15) is 6.42 Å². The monoisotopic (exact) mass is 216 g/mol. The summed E-state index contributed by atoms with van der Waals surface area (Å²) in [6, 6.07) is -0.502. The second kappa shape index (κ2) is 5.66. The first kappa shape index (κ1) is 11.1. The average Bonchev–Trinajstić information content (AvgIpc) is 2.64. The zero-order valence-electron chi connectivity index (χ0n) is 7.77. The van der Waals surface area contributed by atoms with Gasteiger partial charge in [0.05, 0.1) is 6.20 Å². The molecule has 0 aliphatic carbocycles. The number of aromatic nitrogens is 1. The van der Waals surface area contributed by atoms with Crippen LogP contribution in [0.5, 0.6) is 0 Å². The number of likely N-dealkylation sites (N-methyl/N-ethyl adjacent to an activating group) is 1. The van der Waals surface area contributed by atoms with Gasteiger partial charge in [-0.2, -0.15) is 0 Å². The molecule has 0 spiro atoms. The van der Waals surface area contributed by atoms with Crippen molar-refractivity contribution < 1.29 is 14.3 Å². The Kier molecular flexibility index (Phi) is 4.48. The number of aliphatic carboxylic acids is 1.